The molecule has 1 saturated heterocycles. The average Bonchev–Trinajstić information content (AvgIpc) is 2.60. The maximum absolute atomic E-state index is 5.85. The lowest BCUT2D eigenvalue weighted by Gasteiger charge is -2.26. The molecule has 140 valence electrons. The van der Waals surface area contributed by atoms with E-state index in [1.54, 1.807) is 0 Å². The zero-order chi connectivity index (χ0) is 18.1. The SMILES string of the molecule is CN=C(NCCOc1cc(C)cc(C)c1)N(C)CCC1CCOCC1. The third kappa shape index (κ3) is 6.94. The van der Waals surface area contributed by atoms with Crippen LogP contribution < -0.4 is 10.1 Å². The monoisotopic (exact) mass is 347 g/mol. The molecule has 1 fully saturated rings. The normalized spacial score (nSPS) is 15.9. The quantitative estimate of drug-likeness (QED) is 0.468. The molecule has 1 heterocycles. The van der Waals surface area contributed by atoms with Crippen molar-refractivity contribution in [2.24, 2.45) is 10.9 Å². The zero-order valence-corrected chi connectivity index (χ0v) is 16.2. The van der Waals surface area contributed by atoms with Crippen LogP contribution in [0.15, 0.2) is 23.2 Å². The van der Waals surface area contributed by atoms with E-state index < -0.39 is 0 Å². The number of hydrogen-bond donors (Lipinski definition) is 1. The van der Waals surface area contributed by atoms with E-state index in [9.17, 15) is 0 Å². The summed E-state index contributed by atoms with van der Waals surface area (Å²) in [4.78, 5) is 6.58. The van der Waals surface area contributed by atoms with Crippen LogP contribution in [0, 0.1) is 19.8 Å². The van der Waals surface area contributed by atoms with Gasteiger partial charge in [0.1, 0.15) is 12.4 Å². The van der Waals surface area contributed by atoms with E-state index in [1.165, 1.54) is 30.4 Å². The predicted octanol–water partition coefficient (Wildman–Crippen LogP) is 3.01. The molecule has 1 aliphatic rings. The van der Waals surface area contributed by atoms with Crippen molar-refractivity contribution < 1.29 is 9.47 Å². The number of aryl methyl sites for hydroxylation is 2. The summed E-state index contributed by atoms with van der Waals surface area (Å²) in [7, 11) is 3.93. The summed E-state index contributed by atoms with van der Waals surface area (Å²) in [5.41, 5.74) is 2.46. The van der Waals surface area contributed by atoms with Crippen molar-refractivity contribution in [3.8, 4) is 5.75 Å². The van der Waals surface area contributed by atoms with Crippen LogP contribution in [0.4, 0.5) is 0 Å². The Balaban J connectivity index is 1.68. The Morgan fingerprint density at radius 2 is 1.92 bits per heavy atom. The molecule has 0 unspecified atom stereocenters. The van der Waals surface area contributed by atoms with Gasteiger partial charge >= 0.3 is 0 Å². The number of hydrogen-bond acceptors (Lipinski definition) is 3. The number of aliphatic imine (C=N–C) groups is 1. The Morgan fingerprint density at radius 1 is 1.24 bits per heavy atom. The molecule has 0 spiro atoms. The number of benzene rings is 1. The van der Waals surface area contributed by atoms with Crippen LogP contribution in [0.2, 0.25) is 0 Å². The highest BCUT2D eigenvalue weighted by Gasteiger charge is 2.15. The summed E-state index contributed by atoms with van der Waals surface area (Å²) in [5, 5.41) is 3.38. The largest absolute Gasteiger partial charge is 0.492 e. The van der Waals surface area contributed by atoms with Gasteiger partial charge in [0.05, 0.1) is 6.54 Å². The highest BCUT2D eigenvalue weighted by Crippen LogP contribution is 2.18. The molecule has 1 aliphatic heterocycles. The van der Waals surface area contributed by atoms with E-state index in [-0.39, 0.29) is 0 Å². The predicted molar refractivity (Wildman–Crippen MR) is 104 cm³/mol. The standard InChI is InChI=1S/C20H33N3O2/c1-16-13-17(2)15-19(14-16)25-12-8-22-20(21-3)23(4)9-5-18-6-10-24-11-7-18/h13-15,18H,5-12H2,1-4H3,(H,21,22). The van der Waals surface area contributed by atoms with E-state index in [2.05, 4.69) is 54.3 Å². The molecule has 1 aromatic carbocycles. The number of guanidine groups is 1. The fourth-order valence-corrected chi connectivity index (χ4v) is 3.25. The number of rotatable bonds is 7. The van der Waals surface area contributed by atoms with Gasteiger partial charge < -0.3 is 19.7 Å². The van der Waals surface area contributed by atoms with E-state index in [1.807, 2.05) is 7.05 Å². The molecule has 1 aromatic rings. The molecule has 0 bridgehead atoms. The van der Waals surface area contributed by atoms with Crippen molar-refractivity contribution in [1.29, 1.82) is 0 Å². The second-order valence-electron chi connectivity index (χ2n) is 6.91. The summed E-state index contributed by atoms with van der Waals surface area (Å²) >= 11 is 0. The molecule has 25 heavy (non-hydrogen) atoms. The van der Waals surface area contributed by atoms with Crippen molar-refractivity contribution in [1.82, 2.24) is 10.2 Å². The average molecular weight is 348 g/mol. The first kappa shape index (κ1) is 19.6. The topological polar surface area (TPSA) is 46.1 Å². The Kier molecular flexibility index (Phi) is 8.06. The van der Waals surface area contributed by atoms with Gasteiger partial charge in [-0.15, -0.1) is 0 Å². The maximum Gasteiger partial charge on any atom is 0.193 e. The van der Waals surface area contributed by atoms with Crippen molar-refractivity contribution in [2.45, 2.75) is 33.1 Å². The highest BCUT2D eigenvalue weighted by atomic mass is 16.5. The van der Waals surface area contributed by atoms with Crippen LogP contribution in [0.3, 0.4) is 0 Å². The first-order valence-electron chi connectivity index (χ1n) is 9.29. The van der Waals surface area contributed by atoms with Crippen molar-refractivity contribution in [2.75, 3.05) is 47.0 Å². The maximum atomic E-state index is 5.85. The molecule has 0 radical (unpaired) electrons. The number of ether oxygens (including phenoxy) is 2. The van der Waals surface area contributed by atoms with Crippen molar-refractivity contribution in [3.63, 3.8) is 0 Å². The minimum absolute atomic E-state index is 0.621. The first-order valence-corrected chi connectivity index (χ1v) is 9.29. The lowest BCUT2D eigenvalue weighted by Crippen LogP contribution is -2.41. The van der Waals surface area contributed by atoms with Gasteiger partial charge in [-0.2, -0.15) is 0 Å². The molecule has 0 amide bonds. The van der Waals surface area contributed by atoms with Gasteiger partial charge in [-0.3, -0.25) is 4.99 Å². The Labute approximate surface area is 152 Å². The van der Waals surface area contributed by atoms with Crippen LogP contribution in [0.1, 0.15) is 30.4 Å². The summed E-state index contributed by atoms with van der Waals surface area (Å²) in [6, 6.07) is 6.30. The van der Waals surface area contributed by atoms with Gasteiger partial charge in [-0.05, 0) is 62.3 Å². The second kappa shape index (κ2) is 10.3. The molecule has 2 rings (SSSR count). The van der Waals surface area contributed by atoms with Crippen LogP contribution in [0.25, 0.3) is 0 Å². The van der Waals surface area contributed by atoms with Gasteiger partial charge in [0.25, 0.3) is 0 Å². The third-order valence-corrected chi connectivity index (χ3v) is 4.64. The van der Waals surface area contributed by atoms with Crippen LogP contribution in [0.5, 0.6) is 5.75 Å². The molecule has 5 heteroatoms. The van der Waals surface area contributed by atoms with Crippen LogP contribution in [-0.4, -0.2) is 57.9 Å². The highest BCUT2D eigenvalue weighted by molar-refractivity contribution is 5.79. The van der Waals surface area contributed by atoms with E-state index in [0.717, 1.165) is 43.9 Å². The zero-order valence-electron chi connectivity index (χ0n) is 16.2. The number of nitrogens with one attached hydrogen (secondary N) is 1. The molecule has 0 atom stereocenters. The Bertz CT molecular complexity index is 534. The van der Waals surface area contributed by atoms with Gasteiger partial charge in [-0.25, -0.2) is 0 Å². The summed E-state index contributed by atoms with van der Waals surface area (Å²) < 4.78 is 11.3. The molecular weight excluding hydrogens is 314 g/mol. The van der Waals surface area contributed by atoms with Gasteiger partial charge in [0, 0.05) is 33.9 Å². The first-order chi connectivity index (χ1) is 12.1. The summed E-state index contributed by atoms with van der Waals surface area (Å²) in [6.07, 6.45) is 3.56. The van der Waals surface area contributed by atoms with Crippen LogP contribution >= 0.6 is 0 Å². The van der Waals surface area contributed by atoms with Crippen molar-refractivity contribution in [3.05, 3.63) is 29.3 Å². The second-order valence-corrected chi connectivity index (χ2v) is 6.91. The molecule has 1 N–H and O–H groups in total. The third-order valence-electron chi connectivity index (χ3n) is 4.64. The molecule has 0 aromatic heterocycles. The van der Waals surface area contributed by atoms with Gasteiger partial charge in [0.2, 0.25) is 0 Å². The Hall–Kier alpha value is -1.75. The van der Waals surface area contributed by atoms with Gasteiger partial charge in [0.15, 0.2) is 5.96 Å². The lowest BCUT2D eigenvalue weighted by molar-refractivity contribution is 0.0625. The summed E-state index contributed by atoms with van der Waals surface area (Å²) in [5.74, 6) is 2.64. The van der Waals surface area contributed by atoms with E-state index in [0.29, 0.717) is 6.61 Å². The minimum Gasteiger partial charge on any atom is -0.492 e. The number of nitrogens with zero attached hydrogens (tertiary/aromatic N) is 2. The Morgan fingerprint density at radius 3 is 2.56 bits per heavy atom. The molecule has 0 aliphatic carbocycles. The molecule has 0 saturated carbocycles. The molecule has 5 nitrogen and oxygen atoms in total. The van der Waals surface area contributed by atoms with Crippen molar-refractivity contribution >= 4 is 5.96 Å². The summed E-state index contributed by atoms with van der Waals surface area (Å²) in [6.45, 7) is 8.38. The lowest BCUT2D eigenvalue weighted by atomic mass is 9.96. The minimum atomic E-state index is 0.621. The van der Waals surface area contributed by atoms with E-state index in [4.69, 9.17) is 9.47 Å². The fourth-order valence-electron chi connectivity index (χ4n) is 3.25. The molecular formula is C20H33N3O2. The van der Waals surface area contributed by atoms with Gasteiger partial charge in [-0.1, -0.05) is 6.07 Å². The fraction of sp³-hybridized carbons (Fsp3) is 0.650. The smallest absolute Gasteiger partial charge is 0.193 e. The van der Waals surface area contributed by atoms with Crippen LogP contribution in [-0.2, 0) is 4.74 Å². The van der Waals surface area contributed by atoms with E-state index >= 15 is 0 Å².